The molecule has 0 amide bonds. The molecule has 1 rings (SSSR count). The van der Waals surface area contributed by atoms with Gasteiger partial charge in [-0.2, -0.15) is 0 Å². The van der Waals surface area contributed by atoms with E-state index >= 15 is 0 Å². The Kier molecular flexibility index (Phi) is 4.04. The van der Waals surface area contributed by atoms with Gasteiger partial charge in [0, 0.05) is 25.0 Å². The van der Waals surface area contributed by atoms with Gasteiger partial charge in [0.25, 0.3) is 0 Å². The van der Waals surface area contributed by atoms with E-state index < -0.39 is 0 Å². The maximum Gasteiger partial charge on any atom is 0.0464 e. The highest BCUT2D eigenvalue weighted by Gasteiger charge is 2.12. The first-order valence-corrected chi connectivity index (χ1v) is 4.87. The molecule has 0 spiro atoms. The minimum Gasteiger partial charge on any atom is -0.312 e. The maximum atomic E-state index is 4.16. The lowest BCUT2D eigenvalue weighted by Crippen LogP contribution is -2.29. The molecule has 0 aliphatic heterocycles. The largest absolute Gasteiger partial charge is 0.312 e. The summed E-state index contributed by atoms with van der Waals surface area (Å²) in [7, 11) is 6.15. The average Bonchev–Trinajstić information content (AvgIpc) is 2.15. The van der Waals surface area contributed by atoms with Crippen molar-refractivity contribution in [3.05, 3.63) is 29.6 Å². The second-order valence-electron chi connectivity index (χ2n) is 3.84. The third-order valence-corrected chi connectivity index (χ3v) is 2.35. The molecule has 0 radical (unpaired) electrons. The zero-order valence-electron chi connectivity index (χ0n) is 9.41. The Labute approximate surface area is 86.2 Å². The van der Waals surface area contributed by atoms with Crippen molar-refractivity contribution < 1.29 is 0 Å². The molecule has 1 heterocycles. The number of pyridine rings is 1. The molecule has 3 nitrogen and oxygen atoms in total. The van der Waals surface area contributed by atoms with Gasteiger partial charge in [-0.15, -0.1) is 0 Å². The van der Waals surface area contributed by atoms with Crippen LogP contribution < -0.4 is 5.32 Å². The third kappa shape index (κ3) is 2.79. The van der Waals surface area contributed by atoms with Gasteiger partial charge in [-0.25, -0.2) is 0 Å². The summed E-state index contributed by atoms with van der Waals surface area (Å²) in [5.41, 5.74) is 2.57. The molecular weight excluding hydrogens is 174 g/mol. The van der Waals surface area contributed by atoms with E-state index in [4.69, 9.17) is 0 Å². The summed E-state index contributed by atoms with van der Waals surface area (Å²) >= 11 is 0. The van der Waals surface area contributed by atoms with Gasteiger partial charge < -0.3 is 10.2 Å². The number of likely N-dealkylation sites (N-methyl/N-ethyl adjacent to an activating group) is 2. The molecule has 1 N–H and O–H groups in total. The first-order chi connectivity index (χ1) is 6.65. The van der Waals surface area contributed by atoms with E-state index in [0.29, 0.717) is 6.04 Å². The van der Waals surface area contributed by atoms with Crippen LogP contribution in [-0.2, 0) is 0 Å². The quantitative estimate of drug-likeness (QED) is 0.779. The number of aromatic nitrogens is 1. The van der Waals surface area contributed by atoms with E-state index in [9.17, 15) is 0 Å². The highest BCUT2D eigenvalue weighted by Crippen LogP contribution is 2.15. The molecule has 0 saturated carbocycles. The van der Waals surface area contributed by atoms with Crippen LogP contribution in [0.2, 0.25) is 0 Å². The summed E-state index contributed by atoms with van der Waals surface area (Å²) in [6, 6.07) is 2.41. The smallest absolute Gasteiger partial charge is 0.0464 e. The van der Waals surface area contributed by atoms with Crippen molar-refractivity contribution in [3.63, 3.8) is 0 Å². The van der Waals surface area contributed by atoms with Crippen LogP contribution in [0.25, 0.3) is 0 Å². The van der Waals surface area contributed by atoms with Crippen LogP contribution in [0.4, 0.5) is 0 Å². The Hall–Kier alpha value is -0.930. The zero-order chi connectivity index (χ0) is 10.6. The molecule has 1 unspecified atom stereocenters. The van der Waals surface area contributed by atoms with Gasteiger partial charge in [0.2, 0.25) is 0 Å². The fourth-order valence-corrected chi connectivity index (χ4v) is 1.55. The lowest BCUT2D eigenvalue weighted by Gasteiger charge is -2.21. The number of hydrogen-bond donors (Lipinski definition) is 1. The van der Waals surface area contributed by atoms with Crippen molar-refractivity contribution in [1.29, 1.82) is 0 Å². The molecule has 0 aliphatic carbocycles. The summed E-state index contributed by atoms with van der Waals surface area (Å²) in [5, 5.41) is 3.31. The van der Waals surface area contributed by atoms with Crippen LogP contribution in [0.1, 0.15) is 17.2 Å². The summed E-state index contributed by atoms with van der Waals surface area (Å²) < 4.78 is 0. The molecule has 0 aliphatic rings. The van der Waals surface area contributed by atoms with Crippen LogP contribution in [0.15, 0.2) is 18.5 Å². The molecule has 0 bridgehead atoms. The molecule has 0 aromatic carbocycles. The van der Waals surface area contributed by atoms with Gasteiger partial charge in [0.15, 0.2) is 0 Å². The minimum atomic E-state index is 0.360. The topological polar surface area (TPSA) is 28.2 Å². The Morgan fingerprint density at radius 3 is 2.71 bits per heavy atom. The SMILES string of the molecule is CNC(CN(C)C)c1cnccc1C. The molecule has 1 atom stereocenters. The van der Waals surface area contributed by atoms with Crippen molar-refractivity contribution in [2.24, 2.45) is 0 Å². The minimum absolute atomic E-state index is 0.360. The molecule has 1 aromatic heterocycles. The van der Waals surface area contributed by atoms with E-state index in [2.05, 4.69) is 42.3 Å². The summed E-state index contributed by atoms with van der Waals surface area (Å²) in [6.45, 7) is 3.11. The Balaban J connectivity index is 2.83. The van der Waals surface area contributed by atoms with Crippen molar-refractivity contribution in [3.8, 4) is 0 Å². The van der Waals surface area contributed by atoms with E-state index in [1.165, 1.54) is 11.1 Å². The van der Waals surface area contributed by atoms with Gasteiger partial charge in [0.05, 0.1) is 0 Å². The Morgan fingerprint density at radius 2 is 2.21 bits per heavy atom. The third-order valence-electron chi connectivity index (χ3n) is 2.35. The van der Waals surface area contributed by atoms with E-state index in [1.54, 1.807) is 0 Å². The molecule has 1 aromatic rings. The van der Waals surface area contributed by atoms with E-state index in [1.807, 2.05) is 19.4 Å². The summed E-state index contributed by atoms with van der Waals surface area (Å²) in [6.07, 6.45) is 3.78. The number of aryl methyl sites for hydroxylation is 1. The molecule has 3 heteroatoms. The number of rotatable bonds is 4. The first-order valence-electron chi connectivity index (χ1n) is 4.87. The fraction of sp³-hybridized carbons (Fsp3) is 0.545. The van der Waals surface area contributed by atoms with Crippen molar-refractivity contribution in [1.82, 2.24) is 15.2 Å². The van der Waals surface area contributed by atoms with E-state index in [0.717, 1.165) is 6.54 Å². The highest BCUT2D eigenvalue weighted by atomic mass is 15.1. The molecule has 78 valence electrons. The lowest BCUT2D eigenvalue weighted by atomic mass is 10.0. The number of nitrogens with zero attached hydrogens (tertiary/aromatic N) is 2. The molecule has 14 heavy (non-hydrogen) atoms. The normalized spacial score (nSPS) is 13.2. The summed E-state index contributed by atoms with van der Waals surface area (Å²) in [5.74, 6) is 0. The second-order valence-corrected chi connectivity index (χ2v) is 3.84. The maximum absolute atomic E-state index is 4.16. The zero-order valence-corrected chi connectivity index (χ0v) is 9.41. The summed E-state index contributed by atoms with van der Waals surface area (Å²) in [4.78, 5) is 6.34. The Bertz CT molecular complexity index is 284. The van der Waals surface area contributed by atoms with Crippen LogP contribution in [0.3, 0.4) is 0 Å². The molecular formula is C11H19N3. The van der Waals surface area contributed by atoms with E-state index in [-0.39, 0.29) is 0 Å². The molecule has 0 saturated heterocycles. The number of nitrogens with one attached hydrogen (secondary N) is 1. The van der Waals surface area contributed by atoms with Crippen molar-refractivity contribution in [2.75, 3.05) is 27.7 Å². The standard InChI is InChI=1S/C11H19N3/c1-9-5-6-13-7-10(9)11(12-2)8-14(3)4/h5-7,11-12H,8H2,1-4H3. The second kappa shape index (κ2) is 5.08. The van der Waals surface area contributed by atoms with Crippen LogP contribution >= 0.6 is 0 Å². The van der Waals surface area contributed by atoms with Gasteiger partial charge in [0.1, 0.15) is 0 Å². The predicted octanol–water partition coefficient (Wildman–Crippen LogP) is 1.21. The Morgan fingerprint density at radius 1 is 1.50 bits per heavy atom. The fourth-order valence-electron chi connectivity index (χ4n) is 1.55. The predicted molar refractivity (Wildman–Crippen MR) is 59.3 cm³/mol. The lowest BCUT2D eigenvalue weighted by molar-refractivity contribution is 0.352. The average molecular weight is 193 g/mol. The van der Waals surface area contributed by atoms with Gasteiger partial charge in [-0.3, -0.25) is 4.98 Å². The van der Waals surface area contributed by atoms with Crippen LogP contribution in [0.5, 0.6) is 0 Å². The monoisotopic (exact) mass is 193 g/mol. The first kappa shape index (κ1) is 11.1. The van der Waals surface area contributed by atoms with Gasteiger partial charge in [-0.05, 0) is 45.3 Å². The highest BCUT2D eigenvalue weighted by molar-refractivity contribution is 5.25. The van der Waals surface area contributed by atoms with Crippen molar-refractivity contribution in [2.45, 2.75) is 13.0 Å². The van der Waals surface area contributed by atoms with Crippen molar-refractivity contribution >= 4 is 0 Å². The van der Waals surface area contributed by atoms with Crippen LogP contribution in [0, 0.1) is 6.92 Å². The number of hydrogen-bond acceptors (Lipinski definition) is 3. The van der Waals surface area contributed by atoms with Gasteiger partial charge in [-0.1, -0.05) is 0 Å². The van der Waals surface area contributed by atoms with Gasteiger partial charge >= 0.3 is 0 Å². The van der Waals surface area contributed by atoms with Crippen LogP contribution in [-0.4, -0.2) is 37.6 Å². The molecule has 0 fully saturated rings.